The van der Waals surface area contributed by atoms with Crippen molar-refractivity contribution < 1.29 is 4.57 Å². The van der Waals surface area contributed by atoms with Crippen molar-refractivity contribution >= 4 is 32.3 Å². The molecular weight excluding hydrogens is 460 g/mol. The van der Waals surface area contributed by atoms with E-state index < -0.39 is 0 Å². The van der Waals surface area contributed by atoms with Gasteiger partial charge in [0.1, 0.15) is 18.9 Å². The van der Waals surface area contributed by atoms with Gasteiger partial charge in [0.2, 0.25) is 6.33 Å². The third-order valence-corrected chi connectivity index (χ3v) is 8.49. The van der Waals surface area contributed by atoms with Gasteiger partial charge in [0.25, 0.3) is 0 Å². The molecule has 2 heteroatoms. The molecule has 0 spiro atoms. The third-order valence-electron chi connectivity index (χ3n) is 8.49. The number of nitrogens with zero attached hydrogens (tertiary/aromatic N) is 2. The Labute approximate surface area is 230 Å². The first kappa shape index (κ1) is 26.7. The highest BCUT2D eigenvalue weighted by molar-refractivity contribution is 6.23. The molecule has 0 aliphatic rings. The minimum Gasteiger partial charge on any atom is -0.237 e. The summed E-state index contributed by atoms with van der Waals surface area (Å²) in [6, 6.07) is 20.4. The van der Waals surface area contributed by atoms with Crippen LogP contribution in [0.2, 0.25) is 0 Å². The summed E-state index contributed by atoms with van der Waals surface area (Å²) >= 11 is 0. The van der Waals surface area contributed by atoms with Gasteiger partial charge in [0.15, 0.2) is 0 Å². The van der Waals surface area contributed by atoms with Crippen LogP contribution in [0.4, 0.5) is 0 Å². The van der Waals surface area contributed by atoms with E-state index >= 15 is 0 Å². The van der Waals surface area contributed by atoms with E-state index in [1.165, 1.54) is 128 Å². The Morgan fingerprint density at radius 1 is 0.579 bits per heavy atom. The van der Waals surface area contributed by atoms with Gasteiger partial charge in [-0.3, -0.25) is 0 Å². The zero-order valence-electron chi connectivity index (χ0n) is 23.6. The van der Waals surface area contributed by atoms with Crippen molar-refractivity contribution in [3.05, 3.63) is 78.9 Å². The zero-order chi connectivity index (χ0) is 26.0. The molecule has 0 unspecified atom stereocenters. The van der Waals surface area contributed by atoms with Gasteiger partial charge in [-0.25, -0.2) is 9.13 Å². The minimum atomic E-state index is 0.917. The Morgan fingerprint density at radius 2 is 1.13 bits per heavy atom. The minimum absolute atomic E-state index is 0.917. The SMILES string of the molecule is CCCCCCCCCCCCCCCCn1cc[n+](Cc2ccc3ccc4cccc5ccc2c3c45)c1. The third kappa shape index (κ3) is 6.76. The lowest BCUT2D eigenvalue weighted by Crippen LogP contribution is -2.31. The number of hydrogen-bond acceptors (Lipinski definition) is 0. The highest BCUT2D eigenvalue weighted by Crippen LogP contribution is 2.35. The molecule has 38 heavy (non-hydrogen) atoms. The smallest absolute Gasteiger partial charge is 0.237 e. The van der Waals surface area contributed by atoms with E-state index in [2.05, 4.69) is 89.4 Å². The van der Waals surface area contributed by atoms with Crippen LogP contribution in [0.3, 0.4) is 0 Å². The summed E-state index contributed by atoms with van der Waals surface area (Å²) < 4.78 is 4.71. The Balaban J connectivity index is 1.03. The van der Waals surface area contributed by atoms with Crippen LogP contribution in [0.25, 0.3) is 32.3 Å². The second-order valence-corrected chi connectivity index (χ2v) is 11.5. The number of benzene rings is 4. The maximum Gasteiger partial charge on any atom is 0.244 e. The van der Waals surface area contributed by atoms with Crippen molar-refractivity contribution in [3.8, 4) is 0 Å². The molecule has 2 nitrogen and oxygen atoms in total. The summed E-state index contributed by atoms with van der Waals surface area (Å²) in [5.41, 5.74) is 1.40. The zero-order valence-corrected chi connectivity index (χ0v) is 23.6. The second kappa shape index (κ2) is 13.8. The molecule has 0 saturated heterocycles. The van der Waals surface area contributed by atoms with Crippen molar-refractivity contribution in [2.24, 2.45) is 0 Å². The van der Waals surface area contributed by atoms with E-state index in [4.69, 9.17) is 0 Å². The molecule has 0 aliphatic heterocycles. The molecule has 0 aliphatic carbocycles. The number of unbranched alkanes of at least 4 members (excludes halogenated alkanes) is 13. The summed E-state index contributed by atoms with van der Waals surface area (Å²) in [5, 5.41) is 8.23. The predicted octanol–water partition coefficient (Wildman–Crippen LogP) is 10.2. The van der Waals surface area contributed by atoms with Crippen LogP contribution in [-0.2, 0) is 13.1 Å². The lowest BCUT2D eigenvalue weighted by molar-refractivity contribution is -0.687. The first-order chi connectivity index (χ1) is 18.8. The molecule has 1 heterocycles. The van der Waals surface area contributed by atoms with Gasteiger partial charge < -0.3 is 0 Å². The maximum atomic E-state index is 2.37. The van der Waals surface area contributed by atoms with Crippen molar-refractivity contribution in [1.29, 1.82) is 0 Å². The molecule has 0 amide bonds. The van der Waals surface area contributed by atoms with Gasteiger partial charge in [-0.05, 0) is 45.2 Å². The number of aromatic nitrogens is 2. The van der Waals surface area contributed by atoms with Gasteiger partial charge >= 0.3 is 0 Å². The lowest BCUT2D eigenvalue weighted by Gasteiger charge is -2.13. The van der Waals surface area contributed by atoms with Gasteiger partial charge in [0, 0.05) is 5.56 Å². The van der Waals surface area contributed by atoms with Gasteiger partial charge in [-0.2, -0.15) is 0 Å². The number of rotatable bonds is 17. The predicted molar refractivity (Wildman–Crippen MR) is 164 cm³/mol. The van der Waals surface area contributed by atoms with E-state index in [0.717, 1.165) is 13.1 Å². The van der Waals surface area contributed by atoms with E-state index in [0.29, 0.717) is 0 Å². The van der Waals surface area contributed by atoms with Crippen LogP contribution in [0, 0.1) is 0 Å². The molecule has 0 saturated carbocycles. The van der Waals surface area contributed by atoms with Crippen molar-refractivity contribution in [2.75, 3.05) is 0 Å². The fourth-order valence-corrected chi connectivity index (χ4v) is 6.28. The topological polar surface area (TPSA) is 8.81 Å². The normalized spacial score (nSPS) is 11.9. The average molecular weight is 508 g/mol. The highest BCUT2D eigenvalue weighted by Gasteiger charge is 2.13. The molecule has 0 fully saturated rings. The summed E-state index contributed by atoms with van der Waals surface area (Å²) in [7, 11) is 0. The van der Waals surface area contributed by atoms with Crippen LogP contribution in [0.1, 0.15) is 102 Å². The van der Waals surface area contributed by atoms with Crippen LogP contribution >= 0.6 is 0 Å². The molecule has 1 aromatic heterocycles. The molecule has 0 atom stereocenters. The molecule has 0 radical (unpaired) electrons. The number of imidazole rings is 1. The Hall–Kier alpha value is -2.87. The second-order valence-electron chi connectivity index (χ2n) is 11.5. The molecule has 0 bridgehead atoms. The van der Waals surface area contributed by atoms with Gasteiger partial charge in [0.05, 0.1) is 6.54 Å². The Bertz CT molecular complexity index is 1380. The molecular formula is C36H47N2+. The standard InChI is InChI=1S/C36H47N2/c1-2-3-4-5-6-7-8-9-10-11-12-13-14-15-25-37-26-27-38(29-37)28-33-22-21-32-20-19-30-17-16-18-31-23-24-34(33)36(32)35(30)31/h16-24,26-27,29H,2-15,25,28H2,1H3/q+1. The van der Waals surface area contributed by atoms with E-state index in [1.807, 2.05) is 0 Å². The summed E-state index contributed by atoms with van der Waals surface area (Å²) in [5.74, 6) is 0. The summed E-state index contributed by atoms with van der Waals surface area (Å²) in [6.07, 6.45) is 26.6. The fourth-order valence-electron chi connectivity index (χ4n) is 6.28. The first-order valence-electron chi connectivity index (χ1n) is 15.5. The molecule has 4 aromatic carbocycles. The Kier molecular flexibility index (Phi) is 9.70. The monoisotopic (exact) mass is 507 g/mol. The van der Waals surface area contributed by atoms with Crippen LogP contribution in [-0.4, -0.2) is 4.57 Å². The van der Waals surface area contributed by atoms with E-state index in [1.54, 1.807) is 0 Å². The molecule has 5 aromatic rings. The van der Waals surface area contributed by atoms with Gasteiger partial charge in [-0.1, -0.05) is 139 Å². The lowest BCUT2D eigenvalue weighted by atomic mass is 9.92. The number of aryl methyl sites for hydroxylation is 1. The Morgan fingerprint density at radius 3 is 1.79 bits per heavy atom. The average Bonchev–Trinajstić information content (AvgIpc) is 3.40. The molecule has 0 N–H and O–H groups in total. The first-order valence-corrected chi connectivity index (χ1v) is 15.5. The van der Waals surface area contributed by atoms with Crippen LogP contribution < -0.4 is 4.57 Å². The fraction of sp³-hybridized carbons (Fsp3) is 0.472. The largest absolute Gasteiger partial charge is 0.244 e. The van der Waals surface area contributed by atoms with Crippen LogP contribution in [0.15, 0.2) is 73.3 Å². The van der Waals surface area contributed by atoms with E-state index in [-0.39, 0.29) is 0 Å². The summed E-state index contributed by atoms with van der Waals surface area (Å²) in [4.78, 5) is 0. The maximum absolute atomic E-state index is 2.37. The summed E-state index contributed by atoms with van der Waals surface area (Å²) in [6.45, 7) is 4.34. The van der Waals surface area contributed by atoms with Crippen molar-refractivity contribution in [2.45, 2.75) is 110 Å². The van der Waals surface area contributed by atoms with E-state index in [9.17, 15) is 0 Å². The van der Waals surface area contributed by atoms with Crippen LogP contribution in [0.5, 0.6) is 0 Å². The molecule has 200 valence electrons. The van der Waals surface area contributed by atoms with Crippen molar-refractivity contribution in [3.63, 3.8) is 0 Å². The molecule has 5 rings (SSSR count). The highest BCUT2D eigenvalue weighted by atomic mass is 15.1. The number of hydrogen-bond donors (Lipinski definition) is 0. The quantitative estimate of drug-likeness (QED) is 0.0672. The van der Waals surface area contributed by atoms with Gasteiger partial charge in [-0.15, -0.1) is 0 Å². The van der Waals surface area contributed by atoms with Crippen molar-refractivity contribution in [1.82, 2.24) is 4.57 Å².